The van der Waals surface area contributed by atoms with E-state index in [4.69, 9.17) is 0 Å². The Hall–Kier alpha value is -1.56. The van der Waals surface area contributed by atoms with Crippen molar-refractivity contribution in [1.82, 2.24) is 5.32 Å². The number of nitrogens with one attached hydrogen (secondary N) is 2. The first kappa shape index (κ1) is 13.9. The molecule has 19 heavy (non-hydrogen) atoms. The summed E-state index contributed by atoms with van der Waals surface area (Å²) in [5, 5.41) is 5.63. The highest BCUT2D eigenvalue weighted by molar-refractivity contribution is 5.93. The second-order valence-electron chi connectivity index (χ2n) is 4.71. The summed E-state index contributed by atoms with van der Waals surface area (Å²) in [6.07, 6.45) is -3.69. The van der Waals surface area contributed by atoms with Gasteiger partial charge in [0.15, 0.2) is 0 Å². The van der Waals surface area contributed by atoms with E-state index in [1.54, 1.807) is 6.92 Å². The molecule has 1 heterocycles. The van der Waals surface area contributed by atoms with E-state index in [1.165, 1.54) is 6.07 Å². The molecule has 0 bridgehead atoms. The second-order valence-corrected chi connectivity index (χ2v) is 4.71. The van der Waals surface area contributed by atoms with E-state index in [9.17, 15) is 18.0 Å². The normalized spacial score (nSPS) is 19.5. The molecule has 1 aliphatic rings. The number of benzene rings is 1. The molecule has 2 rings (SSSR count). The summed E-state index contributed by atoms with van der Waals surface area (Å²) in [5.41, 5.74) is 0.0944. The third-order valence-corrected chi connectivity index (χ3v) is 3.25. The highest BCUT2D eigenvalue weighted by atomic mass is 19.4. The number of carbonyl (C=O) groups is 1. The molecule has 104 valence electrons. The van der Waals surface area contributed by atoms with Crippen molar-refractivity contribution >= 4 is 11.6 Å². The monoisotopic (exact) mass is 272 g/mol. The maximum Gasteiger partial charge on any atom is 0.416 e. The number of carbonyl (C=O) groups excluding carboxylic acids is 1. The van der Waals surface area contributed by atoms with Crippen LogP contribution < -0.4 is 10.6 Å². The van der Waals surface area contributed by atoms with Crippen LogP contribution in [-0.2, 0) is 11.0 Å². The lowest BCUT2D eigenvalue weighted by molar-refractivity contribution is -0.137. The summed E-state index contributed by atoms with van der Waals surface area (Å²) in [4.78, 5) is 11.9. The van der Waals surface area contributed by atoms with Crippen LogP contribution in [0.25, 0.3) is 0 Å². The van der Waals surface area contributed by atoms with Crippen LogP contribution in [0.2, 0.25) is 0 Å². The molecule has 0 spiro atoms. The van der Waals surface area contributed by atoms with Crippen LogP contribution >= 0.6 is 0 Å². The standard InChI is InChI=1S/C13H15F3N2O/c1-8-2-3-10(13(14,15)16)6-11(8)18-12(19)9-4-5-17-7-9/h2-3,6,9,17H,4-5,7H2,1H3,(H,18,19). The molecule has 1 aromatic rings. The van der Waals surface area contributed by atoms with E-state index in [2.05, 4.69) is 10.6 Å². The van der Waals surface area contributed by atoms with Gasteiger partial charge in [-0.2, -0.15) is 13.2 Å². The largest absolute Gasteiger partial charge is 0.416 e. The van der Waals surface area contributed by atoms with E-state index >= 15 is 0 Å². The van der Waals surface area contributed by atoms with Gasteiger partial charge in [-0.05, 0) is 37.6 Å². The highest BCUT2D eigenvalue weighted by Gasteiger charge is 2.31. The molecule has 0 saturated carbocycles. The Labute approximate surface area is 109 Å². The number of alkyl halides is 3. The lowest BCUT2D eigenvalue weighted by Crippen LogP contribution is -2.25. The van der Waals surface area contributed by atoms with Crippen LogP contribution in [0, 0.1) is 12.8 Å². The molecule has 1 amide bonds. The quantitative estimate of drug-likeness (QED) is 0.868. The van der Waals surface area contributed by atoms with Gasteiger partial charge in [0.2, 0.25) is 5.91 Å². The molecular weight excluding hydrogens is 257 g/mol. The molecule has 1 fully saturated rings. The summed E-state index contributed by atoms with van der Waals surface area (Å²) in [6.45, 7) is 3.01. The number of rotatable bonds is 2. The summed E-state index contributed by atoms with van der Waals surface area (Å²) in [6, 6.07) is 3.36. The molecule has 1 atom stereocenters. The van der Waals surface area contributed by atoms with Crippen molar-refractivity contribution in [2.24, 2.45) is 5.92 Å². The van der Waals surface area contributed by atoms with Gasteiger partial charge in [0.25, 0.3) is 0 Å². The Morgan fingerprint density at radius 1 is 1.42 bits per heavy atom. The number of halogens is 3. The minimum absolute atomic E-state index is 0.172. The zero-order valence-electron chi connectivity index (χ0n) is 10.5. The fourth-order valence-electron chi connectivity index (χ4n) is 2.05. The summed E-state index contributed by atoms with van der Waals surface area (Å²) >= 11 is 0. The average molecular weight is 272 g/mol. The van der Waals surface area contributed by atoms with Crippen molar-refractivity contribution < 1.29 is 18.0 Å². The maximum absolute atomic E-state index is 12.6. The number of anilines is 1. The second kappa shape index (κ2) is 5.21. The summed E-state index contributed by atoms with van der Waals surface area (Å²) in [5.74, 6) is -0.402. The van der Waals surface area contributed by atoms with Gasteiger partial charge in [0.05, 0.1) is 11.5 Å². The number of aryl methyl sites for hydroxylation is 1. The van der Waals surface area contributed by atoms with Crippen molar-refractivity contribution in [3.63, 3.8) is 0 Å². The molecule has 1 unspecified atom stereocenters. The minimum atomic E-state index is -4.40. The van der Waals surface area contributed by atoms with Crippen molar-refractivity contribution in [2.75, 3.05) is 18.4 Å². The Kier molecular flexibility index (Phi) is 3.80. The van der Waals surface area contributed by atoms with Crippen LogP contribution in [0.3, 0.4) is 0 Å². The highest BCUT2D eigenvalue weighted by Crippen LogP contribution is 2.32. The predicted molar refractivity (Wildman–Crippen MR) is 65.8 cm³/mol. The van der Waals surface area contributed by atoms with Crippen LogP contribution in [0.4, 0.5) is 18.9 Å². The number of hydrogen-bond acceptors (Lipinski definition) is 2. The van der Waals surface area contributed by atoms with Crippen molar-refractivity contribution in [3.05, 3.63) is 29.3 Å². The molecule has 3 nitrogen and oxygen atoms in total. The fourth-order valence-corrected chi connectivity index (χ4v) is 2.05. The molecule has 1 aromatic carbocycles. The molecular formula is C13H15F3N2O. The Balaban J connectivity index is 2.17. The van der Waals surface area contributed by atoms with E-state index in [0.717, 1.165) is 18.7 Å². The van der Waals surface area contributed by atoms with Crippen LogP contribution in [-0.4, -0.2) is 19.0 Å². The topological polar surface area (TPSA) is 41.1 Å². The molecule has 2 N–H and O–H groups in total. The number of hydrogen-bond donors (Lipinski definition) is 2. The Morgan fingerprint density at radius 2 is 2.16 bits per heavy atom. The van der Waals surface area contributed by atoms with Crippen molar-refractivity contribution in [1.29, 1.82) is 0 Å². The molecule has 1 saturated heterocycles. The van der Waals surface area contributed by atoms with Gasteiger partial charge in [-0.15, -0.1) is 0 Å². The SMILES string of the molecule is Cc1ccc(C(F)(F)F)cc1NC(=O)C1CCNC1. The van der Waals surface area contributed by atoms with Gasteiger partial charge in [-0.1, -0.05) is 6.07 Å². The first-order valence-electron chi connectivity index (χ1n) is 6.07. The van der Waals surface area contributed by atoms with Gasteiger partial charge in [0, 0.05) is 12.2 Å². The van der Waals surface area contributed by atoms with Gasteiger partial charge >= 0.3 is 6.18 Å². The van der Waals surface area contributed by atoms with E-state index in [1.807, 2.05) is 0 Å². The first-order chi connectivity index (χ1) is 8.88. The predicted octanol–water partition coefficient (Wildman–Crippen LogP) is 2.56. The third-order valence-electron chi connectivity index (χ3n) is 3.25. The smallest absolute Gasteiger partial charge is 0.326 e. The van der Waals surface area contributed by atoms with Gasteiger partial charge in [-0.25, -0.2) is 0 Å². The summed E-state index contributed by atoms with van der Waals surface area (Å²) < 4.78 is 37.8. The molecule has 1 aliphatic heterocycles. The zero-order valence-corrected chi connectivity index (χ0v) is 10.5. The van der Waals surface area contributed by atoms with Gasteiger partial charge < -0.3 is 10.6 Å². The first-order valence-corrected chi connectivity index (χ1v) is 6.07. The van der Waals surface area contributed by atoms with Crippen LogP contribution in [0.5, 0.6) is 0 Å². The van der Waals surface area contributed by atoms with E-state index < -0.39 is 11.7 Å². The molecule has 0 radical (unpaired) electrons. The molecule has 6 heteroatoms. The fraction of sp³-hybridized carbons (Fsp3) is 0.462. The summed E-state index contributed by atoms with van der Waals surface area (Å²) in [7, 11) is 0. The number of amides is 1. The van der Waals surface area contributed by atoms with Gasteiger partial charge in [-0.3, -0.25) is 4.79 Å². The molecule has 0 aromatic heterocycles. The molecule has 0 aliphatic carbocycles. The lowest BCUT2D eigenvalue weighted by atomic mass is 10.1. The lowest BCUT2D eigenvalue weighted by Gasteiger charge is -2.14. The Bertz CT molecular complexity index is 479. The van der Waals surface area contributed by atoms with Crippen molar-refractivity contribution in [3.8, 4) is 0 Å². The van der Waals surface area contributed by atoms with Crippen LogP contribution in [0.1, 0.15) is 17.5 Å². The van der Waals surface area contributed by atoms with Gasteiger partial charge in [0.1, 0.15) is 0 Å². The third kappa shape index (κ3) is 3.26. The maximum atomic E-state index is 12.6. The van der Waals surface area contributed by atoms with E-state index in [-0.39, 0.29) is 17.5 Å². The average Bonchev–Trinajstić information content (AvgIpc) is 2.84. The van der Waals surface area contributed by atoms with Crippen LogP contribution in [0.15, 0.2) is 18.2 Å². The zero-order chi connectivity index (χ0) is 14.0. The Morgan fingerprint density at radius 3 is 2.74 bits per heavy atom. The minimum Gasteiger partial charge on any atom is -0.326 e. The van der Waals surface area contributed by atoms with Crippen molar-refractivity contribution in [2.45, 2.75) is 19.5 Å². The van der Waals surface area contributed by atoms with E-state index in [0.29, 0.717) is 18.5 Å².